The molecular weight excluding hydrogens is 340 g/mol. The molecule has 0 aromatic carbocycles. The maximum atomic E-state index is 13.2. The van der Waals surface area contributed by atoms with Gasteiger partial charge in [0.25, 0.3) is 0 Å². The first-order valence-corrected chi connectivity index (χ1v) is 10.9. The summed E-state index contributed by atoms with van der Waals surface area (Å²) in [5.74, 6) is 2.39. The Bertz CT molecular complexity index is 700. The molecule has 0 aromatic rings. The predicted molar refractivity (Wildman–Crippen MR) is 102 cm³/mol. The molecule has 148 valence electrons. The first-order chi connectivity index (χ1) is 12.9. The van der Waals surface area contributed by atoms with E-state index in [1.165, 1.54) is 0 Å². The highest BCUT2D eigenvalue weighted by Crippen LogP contribution is 2.64. The van der Waals surface area contributed by atoms with Gasteiger partial charge in [-0.05, 0) is 61.7 Å². The summed E-state index contributed by atoms with van der Waals surface area (Å²) in [5.41, 5.74) is 0.994. The number of carbonyl (C=O) groups is 2. The number of nitrogens with one attached hydrogen (secondary N) is 1. The third kappa shape index (κ3) is 2.56. The monoisotopic (exact) mass is 372 g/mol. The maximum Gasteiger partial charge on any atom is 0.152 e. The molecule has 5 rings (SSSR count). The minimum Gasteiger partial charge on any atom is -0.390 e. The zero-order valence-corrected chi connectivity index (χ0v) is 16.6. The van der Waals surface area contributed by atoms with Gasteiger partial charge in [-0.25, -0.2) is 0 Å². The van der Waals surface area contributed by atoms with Gasteiger partial charge >= 0.3 is 0 Å². The maximum absolute atomic E-state index is 13.2. The van der Waals surface area contributed by atoms with Gasteiger partial charge in [0.1, 0.15) is 11.6 Å². The van der Waals surface area contributed by atoms with E-state index in [4.69, 9.17) is 4.84 Å². The normalized spacial score (nSPS) is 48.6. The first-order valence-electron chi connectivity index (χ1n) is 10.9. The molecule has 0 radical (unpaired) electrons. The lowest BCUT2D eigenvalue weighted by Crippen LogP contribution is -2.56. The van der Waals surface area contributed by atoms with Gasteiger partial charge in [-0.2, -0.15) is 0 Å². The molecule has 0 spiro atoms. The van der Waals surface area contributed by atoms with Gasteiger partial charge in [-0.3, -0.25) is 9.59 Å². The minimum absolute atomic E-state index is 0.0734. The molecule has 1 saturated heterocycles. The van der Waals surface area contributed by atoms with Crippen molar-refractivity contribution in [3.05, 3.63) is 0 Å². The highest BCUT2D eigenvalue weighted by atomic mass is 16.6. The van der Waals surface area contributed by atoms with Gasteiger partial charge in [-0.1, -0.05) is 19.0 Å². The molecule has 5 fully saturated rings. The van der Waals surface area contributed by atoms with Crippen LogP contribution < -0.4 is 5.32 Å². The summed E-state index contributed by atoms with van der Waals surface area (Å²) in [5, 5.41) is 7.61. The van der Waals surface area contributed by atoms with E-state index in [2.05, 4.69) is 24.3 Å². The third-order valence-corrected chi connectivity index (χ3v) is 9.08. The zero-order valence-electron chi connectivity index (χ0n) is 16.6. The summed E-state index contributed by atoms with van der Waals surface area (Å²) >= 11 is 0. The lowest BCUT2D eigenvalue weighted by Gasteiger charge is -2.58. The summed E-state index contributed by atoms with van der Waals surface area (Å²) in [4.78, 5) is 31.4. The molecule has 0 amide bonds. The fourth-order valence-corrected chi connectivity index (χ4v) is 7.19. The first kappa shape index (κ1) is 17.8. The highest BCUT2D eigenvalue weighted by Gasteiger charge is 2.62. The average molecular weight is 373 g/mol. The summed E-state index contributed by atoms with van der Waals surface area (Å²) in [7, 11) is 0. The van der Waals surface area contributed by atoms with Crippen molar-refractivity contribution in [2.24, 2.45) is 39.7 Å². The number of fused-ring (bicyclic) bond motifs is 5. The Morgan fingerprint density at radius 1 is 1.04 bits per heavy atom. The van der Waals surface area contributed by atoms with E-state index in [1.807, 2.05) is 0 Å². The Morgan fingerprint density at radius 3 is 2.59 bits per heavy atom. The number of carbonyl (C=O) groups excluding carboxylic acids is 2. The fraction of sp³-hybridized carbons (Fsp3) is 0.864. The zero-order chi connectivity index (χ0) is 18.8. The van der Waals surface area contributed by atoms with E-state index < -0.39 is 0 Å². The summed E-state index contributed by atoms with van der Waals surface area (Å²) in [6.07, 6.45) is 7.50. The average Bonchev–Trinajstić information content (AvgIpc) is 2.90. The number of hydrogen-bond donors (Lipinski definition) is 1. The van der Waals surface area contributed by atoms with Crippen molar-refractivity contribution in [3.8, 4) is 0 Å². The molecule has 1 heterocycles. The predicted octanol–water partition coefficient (Wildman–Crippen LogP) is 3.12. The third-order valence-electron chi connectivity index (χ3n) is 9.08. The van der Waals surface area contributed by atoms with Gasteiger partial charge < -0.3 is 10.2 Å². The smallest absolute Gasteiger partial charge is 0.152 e. The van der Waals surface area contributed by atoms with Crippen LogP contribution in [-0.2, 0) is 14.4 Å². The van der Waals surface area contributed by atoms with E-state index in [-0.39, 0.29) is 22.9 Å². The second-order valence-electron chi connectivity index (χ2n) is 10.3. The van der Waals surface area contributed by atoms with Crippen LogP contribution in [0.3, 0.4) is 0 Å². The van der Waals surface area contributed by atoms with Crippen LogP contribution in [0.25, 0.3) is 0 Å². The van der Waals surface area contributed by atoms with Gasteiger partial charge in [0.15, 0.2) is 6.10 Å². The molecule has 5 aliphatic rings. The Kier molecular flexibility index (Phi) is 4.05. The Hall–Kier alpha value is -1.23. The Morgan fingerprint density at radius 2 is 1.85 bits per heavy atom. The van der Waals surface area contributed by atoms with Crippen molar-refractivity contribution >= 4 is 17.3 Å². The molecule has 5 nitrogen and oxygen atoms in total. The van der Waals surface area contributed by atoms with Crippen LogP contribution in [0.2, 0.25) is 0 Å². The molecule has 0 unspecified atom stereocenters. The van der Waals surface area contributed by atoms with Crippen LogP contribution in [0.4, 0.5) is 0 Å². The molecule has 27 heavy (non-hydrogen) atoms. The van der Waals surface area contributed by atoms with Crippen molar-refractivity contribution in [1.82, 2.24) is 5.32 Å². The molecule has 5 heteroatoms. The van der Waals surface area contributed by atoms with E-state index in [0.717, 1.165) is 63.7 Å². The lowest BCUT2D eigenvalue weighted by molar-refractivity contribution is -0.152. The number of oxime groups is 1. The van der Waals surface area contributed by atoms with Crippen LogP contribution >= 0.6 is 0 Å². The molecule has 4 saturated carbocycles. The van der Waals surface area contributed by atoms with Gasteiger partial charge in [0, 0.05) is 37.3 Å². The van der Waals surface area contributed by atoms with Crippen LogP contribution in [0.5, 0.6) is 0 Å². The molecule has 4 aliphatic carbocycles. The second-order valence-corrected chi connectivity index (χ2v) is 10.3. The van der Waals surface area contributed by atoms with Crippen molar-refractivity contribution in [3.63, 3.8) is 0 Å². The number of hydrogen-bond acceptors (Lipinski definition) is 5. The molecule has 6 atom stereocenters. The van der Waals surface area contributed by atoms with Crippen molar-refractivity contribution in [2.75, 3.05) is 13.1 Å². The van der Waals surface area contributed by atoms with Crippen LogP contribution in [0, 0.1) is 34.5 Å². The summed E-state index contributed by atoms with van der Waals surface area (Å²) in [6, 6.07) is 0. The van der Waals surface area contributed by atoms with Gasteiger partial charge in [-0.15, -0.1) is 0 Å². The highest BCUT2D eigenvalue weighted by molar-refractivity contribution is 5.93. The molecule has 1 aliphatic heterocycles. The van der Waals surface area contributed by atoms with Crippen molar-refractivity contribution in [2.45, 2.75) is 71.3 Å². The number of rotatable bonds is 2. The Labute approximate surface area is 161 Å². The molecule has 0 bridgehead atoms. The number of nitrogens with zero attached hydrogens (tertiary/aromatic N) is 1. The largest absolute Gasteiger partial charge is 0.390 e. The topological polar surface area (TPSA) is 67.8 Å². The summed E-state index contributed by atoms with van der Waals surface area (Å²) in [6.45, 7) is 6.29. The lowest BCUT2D eigenvalue weighted by atomic mass is 9.45. The second kappa shape index (κ2) is 6.13. The molecule has 1 N–H and O–H groups in total. The quantitative estimate of drug-likeness (QED) is 0.756. The van der Waals surface area contributed by atoms with E-state index in [9.17, 15) is 9.59 Å². The van der Waals surface area contributed by atoms with Crippen LogP contribution in [-0.4, -0.2) is 36.5 Å². The SMILES string of the molecule is C[C@]12CC/C(=N\OC3CNC3)C[C@@H]1C(=O)C[C@@H]1[C@@H]2CC[C@]2(C)C(=O)CC[C@@H]12. The Balaban J connectivity index is 1.37. The number of Topliss-reactive ketones (excluding diaryl/α,β-unsaturated/α-hetero) is 2. The van der Waals surface area contributed by atoms with Crippen molar-refractivity contribution < 1.29 is 14.4 Å². The number of ketones is 2. The van der Waals surface area contributed by atoms with Gasteiger partial charge in [0.05, 0.1) is 5.71 Å². The van der Waals surface area contributed by atoms with E-state index in [1.54, 1.807) is 0 Å². The van der Waals surface area contributed by atoms with E-state index >= 15 is 0 Å². The molecule has 0 aromatic heterocycles. The summed E-state index contributed by atoms with van der Waals surface area (Å²) < 4.78 is 0. The standard InChI is InChI=1S/C22H32N2O3/c1-21-7-5-13(24-27-14-11-23-12-14)9-18(21)19(25)10-15-16-3-4-20(26)22(16,2)8-6-17(15)21/h14-18,23H,3-12H2,1-2H3/b24-13+/t15-,16-,17-,18+,21+,22-/m0/s1. The van der Waals surface area contributed by atoms with Crippen LogP contribution in [0.15, 0.2) is 5.16 Å². The van der Waals surface area contributed by atoms with Gasteiger partial charge in [0.2, 0.25) is 0 Å². The van der Waals surface area contributed by atoms with E-state index in [0.29, 0.717) is 35.7 Å². The van der Waals surface area contributed by atoms with Crippen LogP contribution in [0.1, 0.15) is 65.2 Å². The minimum atomic E-state index is -0.156. The molecular formula is C22H32N2O3. The fourth-order valence-electron chi connectivity index (χ4n) is 7.19. The van der Waals surface area contributed by atoms with Crippen molar-refractivity contribution in [1.29, 1.82) is 0 Å².